The molecule has 2 N–H and O–H groups in total. The number of hydrogen-bond donors (Lipinski definition) is 2. The summed E-state index contributed by atoms with van der Waals surface area (Å²) in [6, 6.07) is 18.7. The number of fused-ring (bicyclic) bond motifs is 1. The van der Waals surface area contributed by atoms with Gasteiger partial charge in [-0.3, -0.25) is 9.59 Å². The second kappa shape index (κ2) is 7.77. The highest BCUT2D eigenvalue weighted by molar-refractivity contribution is 6.30. The van der Waals surface area contributed by atoms with E-state index < -0.39 is 17.6 Å². The number of carbonyl (C=O) groups excluding carboxylic acids is 2. The Morgan fingerprint density at radius 2 is 1.52 bits per heavy atom. The van der Waals surface area contributed by atoms with Crippen LogP contribution in [-0.4, -0.2) is 11.8 Å². The molecule has 0 aliphatic rings. The summed E-state index contributed by atoms with van der Waals surface area (Å²) in [7, 11) is 0. The molecule has 4 aromatic rings. The molecule has 0 saturated carbocycles. The van der Waals surface area contributed by atoms with Crippen molar-refractivity contribution in [3.8, 4) is 0 Å². The molecule has 0 aliphatic carbocycles. The summed E-state index contributed by atoms with van der Waals surface area (Å²) in [6.07, 6.45) is 0. The summed E-state index contributed by atoms with van der Waals surface area (Å²) in [6.45, 7) is 0. The number of anilines is 2. The predicted molar refractivity (Wildman–Crippen MR) is 110 cm³/mol. The molecule has 144 valence electrons. The first-order valence-electron chi connectivity index (χ1n) is 8.66. The van der Waals surface area contributed by atoms with E-state index in [9.17, 15) is 14.0 Å². The minimum atomic E-state index is -0.570. The molecule has 2 amide bonds. The van der Waals surface area contributed by atoms with Crippen molar-refractivity contribution in [3.63, 3.8) is 0 Å². The highest BCUT2D eigenvalue weighted by Gasteiger charge is 2.23. The van der Waals surface area contributed by atoms with E-state index >= 15 is 0 Å². The lowest BCUT2D eigenvalue weighted by Gasteiger charge is -2.07. The monoisotopic (exact) mass is 408 g/mol. The van der Waals surface area contributed by atoms with E-state index in [0.29, 0.717) is 27.2 Å². The zero-order chi connectivity index (χ0) is 20.4. The number of furan rings is 1. The van der Waals surface area contributed by atoms with Crippen LogP contribution in [0.5, 0.6) is 0 Å². The Balaban J connectivity index is 1.68. The van der Waals surface area contributed by atoms with Gasteiger partial charge in [0.2, 0.25) is 5.76 Å². The van der Waals surface area contributed by atoms with Gasteiger partial charge < -0.3 is 15.1 Å². The van der Waals surface area contributed by atoms with Crippen LogP contribution in [0.2, 0.25) is 5.02 Å². The van der Waals surface area contributed by atoms with E-state index in [1.807, 2.05) is 0 Å². The molecular weight excluding hydrogens is 395 g/mol. The Labute approximate surface area is 170 Å². The van der Waals surface area contributed by atoms with Gasteiger partial charge >= 0.3 is 0 Å². The average Bonchev–Trinajstić information content (AvgIpc) is 3.09. The zero-order valence-electron chi connectivity index (χ0n) is 14.9. The summed E-state index contributed by atoms with van der Waals surface area (Å²) in [5.74, 6) is -1.45. The molecule has 5 nitrogen and oxygen atoms in total. The number of benzene rings is 3. The molecule has 0 radical (unpaired) electrons. The average molecular weight is 409 g/mol. The van der Waals surface area contributed by atoms with Crippen LogP contribution in [0, 0.1) is 5.82 Å². The van der Waals surface area contributed by atoms with Crippen LogP contribution >= 0.6 is 11.6 Å². The molecule has 3 aromatic carbocycles. The first-order chi connectivity index (χ1) is 14.0. The van der Waals surface area contributed by atoms with Gasteiger partial charge in [0.15, 0.2) is 0 Å². The largest absolute Gasteiger partial charge is 0.449 e. The summed E-state index contributed by atoms with van der Waals surface area (Å²) < 4.78 is 18.8. The van der Waals surface area contributed by atoms with Crippen LogP contribution in [-0.2, 0) is 0 Å². The van der Waals surface area contributed by atoms with Gasteiger partial charge in [0, 0.05) is 21.7 Å². The maximum atomic E-state index is 13.1. The fourth-order valence-electron chi connectivity index (χ4n) is 2.84. The van der Waals surface area contributed by atoms with Gasteiger partial charge in [0.05, 0.1) is 0 Å². The number of halogens is 2. The van der Waals surface area contributed by atoms with E-state index in [4.69, 9.17) is 16.0 Å². The highest BCUT2D eigenvalue weighted by Crippen LogP contribution is 2.32. The lowest BCUT2D eigenvalue weighted by Crippen LogP contribution is -2.17. The number of para-hydroxylation sites is 1. The second-order valence-corrected chi connectivity index (χ2v) is 6.66. The predicted octanol–water partition coefficient (Wildman–Crippen LogP) is 5.73. The summed E-state index contributed by atoms with van der Waals surface area (Å²) in [4.78, 5) is 25.5. The lowest BCUT2D eigenvalue weighted by atomic mass is 10.1. The van der Waals surface area contributed by atoms with Crippen molar-refractivity contribution < 1.29 is 18.4 Å². The van der Waals surface area contributed by atoms with E-state index in [0.717, 1.165) is 0 Å². The van der Waals surface area contributed by atoms with Crippen LogP contribution < -0.4 is 10.6 Å². The van der Waals surface area contributed by atoms with Crippen LogP contribution in [0.3, 0.4) is 0 Å². The molecule has 0 saturated heterocycles. The van der Waals surface area contributed by atoms with Gasteiger partial charge in [-0.15, -0.1) is 0 Å². The Morgan fingerprint density at radius 1 is 0.828 bits per heavy atom. The maximum absolute atomic E-state index is 13.1. The fraction of sp³-hybridized carbons (Fsp3) is 0. The third kappa shape index (κ3) is 3.97. The molecule has 0 unspecified atom stereocenters. The molecule has 0 atom stereocenters. The molecule has 0 aliphatic heterocycles. The third-order valence-electron chi connectivity index (χ3n) is 4.25. The molecule has 1 aromatic heterocycles. The Bertz CT molecular complexity index is 1200. The SMILES string of the molecule is O=C(Nc1c(C(=O)Nc2ccc(F)cc2)oc2ccccc12)c1ccc(Cl)cc1. The van der Waals surface area contributed by atoms with Crippen molar-refractivity contribution in [3.05, 3.63) is 95.0 Å². The van der Waals surface area contributed by atoms with Crippen molar-refractivity contribution in [2.75, 3.05) is 10.6 Å². The molecule has 4 rings (SSSR count). The van der Waals surface area contributed by atoms with E-state index in [2.05, 4.69) is 10.6 Å². The number of rotatable bonds is 4. The Hall–Kier alpha value is -3.64. The standard InChI is InChI=1S/C22H14ClFN2O3/c23-14-7-5-13(6-8-14)21(27)26-19-17-3-1-2-4-18(17)29-20(19)22(28)25-16-11-9-15(24)10-12-16/h1-12H,(H,25,28)(H,26,27). The number of hydrogen-bond acceptors (Lipinski definition) is 3. The molecule has 0 spiro atoms. The molecule has 0 fully saturated rings. The van der Waals surface area contributed by atoms with Gasteiger partial charge in [-0.25, -0.2) is 4.39 Å². The van der Waals surface area contributed by atoms with Gasteiger partial charge in [-0.1, -0.05) is 23.7 Å². The topological polar surface area (TPSA) is 71.3 Å². The molecule has 7 heteroatoms. The minimum Gasteiger partial charge on any atom is -0.449 e. The first-order valence-corrected chi connectivity index (χ1v) is 9.04. The van der Waals surface area contributed by atoms with Crippen molar-refractivity contribution in [2.45, 2.75) is 0 Å². The molecule has 0 bridgehead atoms. The van der Waals surface area contributed by atoms with Crippen molar-refractivity contribution in [2.24, 2.45) is 0 Å². The second-order valence-electron chi connectivity index (χ2n) is 6.22. The number of nitrogens with one attached hydrogen (secondary N) is 2. The first kappa shape index (κ1) is 18.7. The van der Waals surface area contributed by atoms with Gasteiger partial charge in [-0.05, 0) is 60.7 Å². The molecular formula is C22H14ClFN2O3. The highest BCUT2D eigenvalue weighted by atomic mass is 35.5. The van der Waals surface area contributed by atoms with Gasteiger partial charge in [-0.2, -0.15) is 0 Å². The molecule has 29 heavy (non-hydrogen) atoms. The van der Waals surface area contributed by atoms with Crippen molar-refractivity contribution >= 4 is 45.8 Å². The quantitative estimate of drug-likeness (QED) is 0.453. The van der Waals surface area contributed by atoms with Crippen molar-refractivity contribution in [1.82, 2.24) is 0 Å². The van der Waals surface area contributed by atoms with E-state index in [1.165, 1.54) is 24.3 Å². The Kier molecular flexibility index (Phi) is 5.01. The summed E-state index contributed by atoms with van der Waals surface area (Å²) >= 11 is 5.87. The van der Waals surface area contributed by atoms with Gasteiger partial charge in [0.1, 0.15) is 17.1 Å². The van der Waals surface area contributed by atoms with Crippen LogP contribution in [0.1, 0.15) is 20.9 Å². The zero-order valence-corrected chi connectivity index (χ0v) is 15.7. The van der Waals surface area contributed by atoms with Crippen LogP contribution in [0.15, 0.2) is 77.2 Å². The third-order valence-corrected chi connectivity index (χ3v) is 4.50. The minimum absolute atomic E-state index is 0.0576. The van der Waals surface area contributed by atoms with Crippen molar-refractivity contribution in [1.29, 1.82) is 0 Å². The van der Waals surface area contributed by atoms with Crippen LogP contribution in [0.4, 0.5) is 15.8 Å². The normalized spacial score (nSPS) is 10.7. The fourth-order valence-corrected chi connectivity index (χ4v) is 2.96. The lowest BCUT2D eigenvalue weighted by molar-refractivity contribution is 0.0999. The van der Waals surface area contributed by atoms with E-state index in [-0.39, 0.29) is 11.4 Å². The maximum Gasteiger partial charge on any atom is 0.293 e. The number of amides is 2. The Morgan fingerprint density at radius 3 is 2.24 bits per heavy atom. The van der Waals surface area contributed by atoms with Gasteiger partial charge in [0.25, 0.3) is 11.8 Å². The van der Waals surface area contributed by atoms with Crippen LogP contribution in [0.25, 0.3) is 11.0 Å². The summed E-state index contributed by atoms with van der Waals surface area (Å²) in [5.41, 5.74) is 1.47. The molecule has 1 heterocycles. The summed E-state index contributed by atoms with van der Waals surface area (Å²) in [5, 5.41) is 6.48. The number of carbonyl (C=O) groups is 2. The van der Waals surface area contributed by atoms with E-state index in [1.54, 1.807) is 48.5 Å². The smallest absolute Gasteiger partial charge is 0.293 e.